The normalized spacial score (nSPS) is 32.3. The zero-order valence-electron chi connectivity index (χ0n) is 38.9. The Labute approximate surface area is 394 Å². The summed E-state index contributed by atoms with van der Waals surface area (Å²) in [5, 5.41) is 111. The number of hydrogen-bond donors (Lipinski definition) is 14. The Morgan fingerprint density at radius 3 is 1.26 bits per heavy atom. The van der Waals surface area contributed by atoms with Crippen molar-refractivity contribution in [2.45, 2.75) is 177 Å². The third-order valence-corrected chi connectivity index (χ3v) is 11.7. The molecule has 3 rings (SSSR count). The third kappa shape index (κ3) is 19.5. The van der Waals surface area contributed by atoms with Gasteiger partial charge in [-0.1, -0.05) is 12.8 Å². The minimum Gasteiger partial charge on any atom is -0.481 e. The van der Waals surface area contributed by atoms with Crippen molar-refractivity contribution in [1.82, 2.24) is 26.2 Å². The summed E-state index contributed by atoms with van der Waals surface area (Å²) in [6.45, 7) is 2.50. The van der Waals surface area contributed by atoms with Crippen LogP contribution in [-0.4, -0.2) is 243 Å². The number of ether oxygens (including phenoxy) is 6. The Balaban J connectivity index is 1.68. The maximum absolute atomic E-state index is 14.0. The van der Waals surface area contributed by atoms with Gasteiger partial charge in [-0.05, 0) is 52.9 Å². The van der Waals surface area contributed by atoms with Crippen LogP contribution in [0.3, 0.4) is 0 Å². The summed E-state index contributed by atoms with van der Waals surface area (Å²) < 4.78 is 32.8. The molecular weight excluding hydrogens is 910 g/mol. The van der Waals surface area contributed by atoms with Gasteiger partial charge in [-0.15, -0.1) is 0 Å². The smallest absolute Gasteiger partial charge is 0.303 e. The fourth-order valence-electron chi connectivity index (χ4n) is 7.58. The second kappa shape index (κ2) is 30.4. The Morgan fingerprint density at radius 1 is 0.471 bits per heavy atom. The van der Waals surface area contributed by atoms with Crippen LogP contribution in [0.4, 0.5) is 0 Å². The van der Waals surface area contributed by atoms with Crippen LogP contribution in [-0.2, 0) is 52.4 Å². The van der Waals surface area contributed by atoms with Crippen molar-refractivity contribution in [3.63, 3.8) is 0 Å². The predicted molar refractivity (Wildman–Crippen MR) is 232 cm³/mol. The highest BCUT2D eigenvalue weighted by Gasteiger charge is 2.44. The number of amides is 4. The highest BCUT2D eigenvalue weighted by atomic mass is 16.7. The lowest BCUT2D eigenvalue weighted by Crippen LogP contribution is -2.58. The van der Waals surface area contributed by atoms with Gasteiger partial charge in [-0.3, -0.25) is 28.9 Å². The summed E-state index contributed by atoms with van der Waals surface area (Å²) in [5.41, 5.74) is 0. The molecule has 394 valence electrons. The lowest BCUT2D eigenvalue weighted by molar-refractivity contribution is -0.292. The van der Waals surface area contributed by atoms with E-state index in [0.29, 0.717) is 38.5 Å². The van der Waals surface area contributed by atoms with Crippen molar-refractivity contribution < 1.29 is 103 Å². The van der Waals surface area contributed by atoms with E-state index in [-0.39, 0.29) is 71.2 Å². The zero-order valence-corrected chi connectivity index (χ0v) is 38.9. The summed E-state index contributed by atoms with van der Waals surface area (Å²) in [7, 11) is 0. The number of unbranched alkanes of at least 4 members (excludes halogenated alkanes) is 4. The van der Waals surface area contributed by atoms with Crippen LogP contribution in [0.15, 0.2) is 0 Å². The van der Waals surface area contributed by atoms with Crippen molar-refractivity contribution in [3.05, 3.63) is 0 Å². The van der Waals surface area contributed by atoms with Crippen LogP contribution in [0.2, 0.25) is 0 Å². The monoisotopic (exact) mass is 985 g/mol. The van der Waals surface area contributed by atoms with Gasteiger partial charge in [0.25, 0.3) is 0 Å². The number of nitrogens with zero attached hydrogens (tertiary/aromatic N) is 1. The number of aliphatic carboxylic acids is 1. The fourth-order valence-corrected chi connectivity index (χ4v) is 7.58. The number of carboxylic acid groups (broad SMARTS) is 1. The molecular formula is C42H75N5O21. The Morgan fingerprint density at radius 2 is 0.853 bits per heavy atom. The molecule has 0 saturated carbocycles. The van der Waals surface area contributed by atoms with Gasteiger partial charge < -0.3 is 101 Å². The lowest BCUT2D eigenvalue weighted by Gasteiger charge is -2.39. The van der Waals surface area contributed by atoms with E-state index >= 15 is 0 Å². The SMILES string of the molecule is C[C@@H]1O[C@@H](OCCNC(=O)CN(CC(=O)NCCO[C@@H]2O[C@@H](C)[C@@H](O)[C@@H](O)[C@@H]2O)C(CCCCNC(=O)CCCCCCC(=O)O)C(=O)NCCO[C@@H]2O[C@@H](C)[C@@H](O)[C@@H](O)[C@@H]2O)[C@@H](O)[C@H](O)[C@@H]1O. The van der Waals surface area contributed by atoms with Gasteiger partial charge in [0.15, 0.2) is 18.9 Å². The molecule has 26 nitrogen and oxygen atoms in total. The van der Waals surface area contributed by atoms with Crippen LogP contribution in [0, 0.1) is 0 Å². The standard InChI is InChI=1S/C42H75N5O21/c1-22-30(53)33(56)36(59)40(66-22)63-17-14-44-27(49)20-47(21-28(50)45-15-18-64-41-37(60)34(57)31(54)23(2)67-41)25(10-8-9-13-43-26(48)11-6-4-5-7-12-29(51)52)39(62)46-16-19-65-42-38(61)35(58)32(55)24(3)68-42/h22-25,30-38,40-42,53-61H,4-21H2,1-3H3,(H,43,48)(H,44,49)(H,45,50)(H,46,62)(H,51,52)/t22-,23-,24-,25?,30+,31+,32+,33+,34+,35+,36-,37-,38-,40+,41+,42+/m0/s1. The number of carbonyl (C=O) groups is 5. The largest absolute Gasteiger partial charge is 0.481 e. The number of nitrogens with one attached hydrogen (secondary N) is 4. The maximum Gasteiger partial charge on any atom is 0.303 e. The molecule has 16 atom stereocenters. The zero-order chi connectivity index (χ0) is 50.5. The molecule has 4 amide bonds. The lowest BCUT2D eigenvalue weighted by atomic mass is 10.0. The van der Waals surface area contributed by atoms with Crippen molar-refractivity contribution in [2.75, 3.05) is 59.1 Å². The van der Waals surface area contributed by atoms with E-state index in [4.69, 9.17) is 33.5 Å². The number of aliphatic hydroxyl groups is 9. The van der Waals surface area contributed by atoms with E-state index in [1.54, 1.807) is 0 Å². The fraction of sp³-hybridized carbons (Fsp3) is 0.881. The predicted octanol–water partition coefficient (Wildman–Crippen LogP) is -5.75. The minimum atomic E-state index is -1.59. The minimum absolute atomic E-state index is 0.0627. The molecule has 0 aromatic heterocycles. The molecule has 0 aliphatic carbocycles. The number of hydrogen-bond acceptors (Lipinski definition) is 21. The van der Waals surface area contributed by atoms with Gasteiger partial charge in [-0.2, -0.15) is 0 Å². The molecule has 3 aliphatic rings. The summed E-state index contributed by atoms with van der Waals surface area (Å²) in [6.07, 6.45) is -16.5. The molecule has 0 radical (unpaired) electrons. The van der Waals surface area contributed by atoms with Crippen LogP contribution in [0.1, 0.15) is 78.6 Å². The Kier molecular flexibility index (Phi) is 26.4. The second-order valence-corrected chi connectivity index (χ2v) is 17.2. The summed E-state index contributed by atoms with van der Waals surface area (Å²) in [4.78, 5) is 65.3. The first-order valence-corrected chi connectivity index (χ1v) is 23.2. The molecule has 3 saturated heterocycles. The highest BCUT2D eigenvalue weighted by Crippen LogP contribution is 2.24. The molecule has 0 aromatic rings. The van der Waals surface area contributed by atoms with E-state index in [1.807, 2.05) is 0 Å². The number of aliphatic hydroxyl groups excluding tert-OH is 9. The van der Waals surface area contributed by atoms with Gasteiger partial charge in [0, 0.05) is 39.0 Å². The first-order valence-electron chi connectivity index (χ1n) is 23.2. The Hall–Kier alpha value is -3.29. The molecule has 68 heavy (non-hydrogen) atoms. The molecule has 3 heterocycles. The van der Waals surface area contributed by atoms with Gasteiger partial charge >= 0.3 is 5.97 Å². The first-order chi connectivity index (χ1) is 32.2. The van der Waals surface area contributed by atoms with E-state index in [1.165, 1.54) is 25.7 Å². The average molecular weight is 986 g/mol. The molecule has 26 heteroatoms. The Bertz CT molecular complexity index is 1480. The quantitative estimate of drug-likeness (QED) is 0.0298. The van der Waals surface area contributed by atoms with E-state index in [2.05, 4.69) is 21.3 Å². The van der Waals surface area contributed by atoms with E-state index in [0.717, 1.165) is 0 Å². The van der Waals surface area contributed by atoms with Crippen LogP contribution in [0.5, 0.6) is 0 Å². The molecule has 0 bridgehead atoms. The van der Waals surface area contributed by atoms with Crippen LogP contribution < -0.4 is 21.3 Å². The van der Waals surface area contributed by atoms with Gasteiger partial charge in [0.2, 0.25) is 23.6 Å². The highest BCUT2D eigenvalue weighted by molar-refractivity contribution is 5.86. The molecule has 3 fully saturated rings. The number of carboxylic acids is 1. The molecule has 3 aliphatic heterocycles. The third-order valence-electron chi connectivity index (χ3n) is 11.7. The van der Waals surface area contributed by atoms with Crippen molar-refractivity contribution in [3.8, 4) is 0 Å². The topological polar surface area (TPSA) is 394 Å². The number of rotatable bonds is 30. The van der Waals surface area contributed by atoms with Crippen molar-refractivity contribution in [2.24, 2.45) is 0 Å². The first kappa shape index (κ1) is 59.0. The van der Waals surface area contributed by atoms with Crippen LogP contribution in [0.25, 0.3) is 0 Å². The molecule has 0 spiro atoms. The molecule has 1 unspecified atom stereocenters. The average Bonchev–Trinajstić information content (AvgIpc) is 3.29. The summed E-state index contributed by atoms with van der Waals surface area (Å²) >= 11 is 0. The number of carbonyl (C=O) groups excluding carboxylic acids is 4. The van der Waals surface area contributed by atoms with Crippen molar-refractivity contribution >= 4 is 29.6 Å². The summed E-state index contributed by atoms with van der Waals surface area (Å²) in [5.74, 6) is -3.04. The summed E-state index contributed by atoms with van der Waals surface area (Å²) in [6, 6.07) is -1.16. The van der Waals surface area contributed by atoms with E-state index < -0.39 is 135 Å². The molecule has 14 N–H and O–H groups in total. The van der Waals surface area contributed by atoms with Gasteiger partial charge in [0.05, 0.1) is 57.3 Å². The second-order valence-electron chi connectivity index (χ2n) is 17.2. The van der Waals surface area contributed by atoms with Crippen molar-refractivity contribution in [1.29, 1.82) is 0 Å². The van der Waals surface area contributed by atoms with E-state index in [9.17, 15) is 69.9 Å². The van der Waals surface area contributed by atoms with Gasteiger partial charge in [0.1, 0.15) is 54.9 Å². The maximum atomic E-state index is 14.0. The van der Waals surface area contributed by atoms with Crippen LogP contribution >= 0.6 is 0 Å². The molecule has 0 aromatic carbocycles. The van der Waals surface area contributed by atoms with Gasteiger partial charge in [-0.25, -0.2) is 0 Å².